The first-order valence-corrected chi connectivity index (χ1v) is 7.46. The van der Waals surface area contributed by atoms with Gasteiger partial charge in [0.1, 0.15) is 6.10 Å². The van der Waals surface area contributed by atoms with Gasteiger partial charge in [-0.05, 0) is 18.1 Å². The van der Waals surface area contributed by atoms with Crippen molar-refractivity contribution in [3.8, 4) is 0 Å². The smallest absolute Gasteiger partial charge is 0.253 e. The maximum Gasteiger partial charge on any atom is 0.253 e. The molecule has 1 saturated heterocycles. The van der Waals surface area contributed by atoms with Crippen molar-refractivity contribution in [3.05, 3.63) is 29.8 Å². The number of carbonyl (C=O) groups excluding carboxylic acids is 1. The van der Waals surface area contributed by atoms with Crippen LogP contribution in [0, 0.1) is 0 Å². The van der Waals surface area contributed by atoms with E-state index in [0.29, 0.717) is 6.42 Å². The lowest BCUT2D eigenvalue weighted by Crippen LogP contribution is -2.36. The summed E-state index contributed by atoms with van der Waals surface area (Å²) in [5, 5.41) is 2.98. The Hall–Kier alpha value is -1.43. The van der Waals surface area contributed by atoms with E-state index in [1.54, 1.807) is 7.11 Å². The standard InChI is InChI=1S/C16H24N2O3/c1-3-15(20-2)16(19)17-14-7-5-4-6-13(14)12-18-8-10-21-11-9-18/h4-7,15H,3,8-12H2,1-2H3,(H,17,19). The number of methoxy groups -OCH3 is 1. The molecule has 1 amide bonds. The molecule has 116 valence electrons. The molecule has 21 heavy (non-hydrogen) atoms. The number of morpholine rings is 1. The van der Waals surface area contributed by atoms with Crippen LogP contribution in [0.5, 0.6) is 0 Å². The fourth-order valence-electron chi connectivity index (χ4n) is 2.45. The maximum absolute atomic E-state index is 12.1. The number of hydrogen-bond acceptors (Lipinski definition) is 4. The zero-order valence-corrected chi connectivity index (χ0v) is 12.8. The predicted molar refractivity (Wildman–Crippen MR) is 82.3 cm³/mol. The molecule has 5 nitrogen and oxygen atoms in total. The SMILES string of the molecule is CCC(OC)C(=O)Nc1ccccc1CN1CCOCC1. The van der Waals surface area contributed by atoms with Gasteiger partial charge >= 0.3 is 0 Å². The molecule has 0 aromatic heterocycles. The summed E-state index contributed by atoms with van der Waals surface area (Å²) in [4.78, 5) is 14.5. The Bertz CT molecular complexity index is 455. The van der Waals surface area contributed by atoms with Crippen LogP contribution in [-0.2, 0) is 20.8 Å². The van der Waals surface area contributed by atoms with E-state index in [0.717, 1.165) is 44.1 Å². The summed E-state index contributed by atoms with van der Waals surface area (Å²) < 4.78 is 10.5. The number of nitrogens with zero attached hydrogens (tertiary/aromatic N) is 1. The van der Waals surface area contributed by atoms with E-state index in [-0.39, 0.29) is 5.91 Å². The summed E-state index contributed by atoms with van der Waals surface area (Å²) in [6, 6.07) is 7.93. The zero-order valence-electron chi connectivity index (χ0n) is 12.8. The van der Waals surface area contributed by atoms with Crippen molar-refractivity contribution in [2.24, 2.45) is 0 Å². The van der Waals surface area contributed by atoms with Crippen LogP contribution in [0.4, 0.5) is 5.69 Å². The van der Waals surface area contributed by atoms with Gasteiger partial charge in [0.25, 0.3) is 5.91 Å². The van der Waals surface area contributed by atoms with E-state index in [1.807, 2.05) is 25.1 Å². The van der Waals surface area contributed by atoms with E-state index >= 15 is 0 Å². The number of nitrogens with one attached hydrogen (secondary N) is 1. The Morgan fingerprint density at radius 1 is 1.38 bits per heavy atom. The second-order valence-corrected chi connectivity index (χ2v) is 5.17. The number of carbonyl (C=O) groups is 1. The third-order valence-electron chi connectivity index (χ3n) is 3.72. The van der Waals surface area contributed by atoms with Crippen molar-refractivity contribution >= 4 is 11.6 Å². The van der Waals surface area contributed by atoms with Crippen LogP contribution in [0.3, 0.4) is 0 Å². The molecule has 1 fully saturated rings. The Morgan fingerprint density at radius 2 is 2.10 bits per heavy atom. The van der Waals surface area contributed by atoms with Crippen molar-refractivity contribution in [1.29, 1.82) is 0 Å². The van der Waals surface area contributed by atoms with E-state index in [1.165, 1.54) is 0 Å². The quantitative estimate of drug-likeness (QED) is 0.870. The Morgan fingerprint density at radius 3 is 2.76 bits per heavy atom. The van der Waals surface area contributed by atoms with Crippen LogP contribution in [-0.4, -0.2) is 50.3 Å². The average molecular weight is 292 g/mol. The van der Waals surface area contributed by atoms with Crippen LogP contribution < -0.4 is 5.32 Å². The molecule has 0 bridgehead atoms. The van der Waals surface area contributed by atoms with Gasteiger partial charge in [0.15, 0.2) is 0 Å². The third kappa shape index (κ3) is 4.52. The fraction of sp³-hybridized carbons (Fsp3) is 0.562. The number of benzene rings is 1. The molecule has 1 heterocycles. The van der Waals surface area contributed by atoms with Crippen LogP contribution in [0.1, 0.15) is 18.9 Å². The zero-order chi connectivity index (χ0) is 15.1. The number of hydrogen-bond donors (Lipinski definition) is 1. The molecule has 0 radical (unpaired) electrons. The molecule has 1 atom stereocenters. The molecule has 2 rings (SSSR count). The molecule has 0 aliphatic carbocycles. The summed E-state index contributed by atoms with van der Waals surface area (Å²) in [7, 11) is 1.56. The minimum absolute atomic E-state index is 0.0885. The Labute approximate surface area is 126 Å². The minimum Gasteiger partial charge on any atom is -0.379 e. The number of para-hydroxylation sites is 1. The average Bonchev–Trinajstić information content (AvgIpc) is 2.51. The van der Waals surface area contributed by atoms with Crippen LogP contribution in [0.15, 0.2) is 24.3 Å². The van der Waals surface area contributed by atoms with Gasteiger partial charge in [-0.3, -0.25) is 9.69 Å². The first kappa shape index (κ1) is 15.9. The fourth-order valence-corrected chi connectivity index (χ4v) is 2.45. The van der Waals surface area contributed by atoms with Gasteiger partial charge in [-0.1, -0.05) is 25.1 Å². The van der Waals surface area contributed by atoms with Gasteiger partial charge in [0.05, 0.1) is 13.2 Å². The Balaban J connectivity index is 2.03. The number of anilines is 1. The highest BCUT2D eigenvalue weighted by Gasteiger charge is 2.18. The first-order chi connectivity index (χ1) is 10.2. The Kier molecular flexibility index (Phi) is 6.17. The summed E-state index contributed by atoms with van der Waals surface area (Å²) in [5.41, 5.74) is 1.99. The first-order valence-electron chi connectivity index (χ1n) is 7.46. The molecular formula is C16H24N2O3. The highest BCUT2D eigenvalue weighted by atomic mass is 16.5. The topological polar surface area (TPSA) is 50.8 Å². The van der Waals surface area contributed by atoms with E-state index in [4.69, 9.17) is 9.47 Å². The predicted octanol–water partition coefficient (Wildman–Crippen LogP) is 1.88. The van der Waals surface area contributed by atoms with Gasteiger partial charge in [-0.2, -0.15) is 0 Å². The molecule has 1 aliphatic rings. The number of amides is 1. The van der Waals surface area contributed by atoms with Gasteiger partial charge in [-0.25, -0.2) is 0 Å². The van der Waals surface area contributed by atoms with Crippen molar-refractivity contribution in [1.82, 2.24) is 4.90 Å². The lowest BCUT2D eigenvalue weighted by atomic mass is 10.1. The molecule has 1 aliphatic heterocycles. The van der Waals surface area contributed by atoms with Gasteiger partial charge < -0.3 is 14.8 Å². The van der Waals surface area contributed by atoms with Gasteiger partial charge in [0, 0.05) is 32.4 Å². The highest BCUT2D eigenvalue weighted by molar-refractivity contribution is 5.94. The monoisotopic (exact) mass is 292 g/mol. The molecule has 1 aromatic carbocycles. The van der Waals surface area contributed by atoms with Crippen molar-refractivity contribution in [2.75, 3.05) is 38.7 Å². The van der Waals surface area contributed by atoms with E-state index in [2.05, 4.69) is 16.3 Å². The molecule has 5 heteroatoms. The second kappa shape index (κ2) is 8.12. The number of rotatable bonds is 6. The molecule has 0 spiro atoms. The van der Waals surface area contributed by atoms with Crippen LogP contribution in [0.2, 0.25) is 0 Å². The summed E-state index contributed by atoms with van der Waals surface area (Å²) in [5.74, 6) is -0.0885. The molecule has 1 aromatic rings. The normalized spacial score (nSPS) is 17.4. The second-order valence-electron chi connectivity index (χ2n) is 5.17. The lowest BCUT2D eigenvalue weighted by molar-refractivity contribution is -0.125. The minimum atomic E-state index is -0.401. The molecule has 1 N–H and O–H groups in total. The lowest BCUT2D eigenvalue weighted by Gasteiger charge is -2.27. The van der Waals surface area contributed by atoms with Crippen LogP contribution >= 0.6 is 0 Å². The molecule has 0 saturated carbocycles. The summed E-state index contributed by atoms with van der Waals surface area (Å²) >= 11 is 0. The van der Waals surface area contributed by atoms with Crippen molar-refractivity contribution in [2.45, 2.75) is 26.0 Å². The van der Waals surface area contributed by atoms with Gasteiger partial charge in [-0.15, -0.1) is 0 Å². The summed E-state index contributed by atoms with van der Waals surface area (Å²) in [6.07, 6.45) is 0.259. The maximum atomic E-state index is 12.1. The van der Waals surface area contributed by atoms with E-state index in [9.17, 15) is 4.79 Å². The van der Waals surface area contributed by atoms with Crippen LogP contribution in [0.25, 0.3) is 0 Å². The third-order valence-corrected chi connectivity index (χ3v) is 3.72. The van der Waals surface area contributed by atoms with Gasteiger partial charge in [0.2, 0.25) is 0 Å². The highest BCUT2D eigenvalue weighted by Crippen LogP contribution is 2.18. The molecular weight excluding hydrogens is 268 g/mol. The van der Waals surface area contributed by atoms with Crippen molar-refractivity contribution < 1.29 is 14.3 Å². The van der Waals surface area contributed by atoms with E-state index < -0.39 is 6.10 Å². The summed E-state index contributed by atoms with van der Waals surface area (Å²) in [6.45, 7) is 6.17. The molecule has 1 unspecified atom stereocenters. The van der Waals surface area contributed by atoms with Crippen molar-refractivity contribution in [3.63, 3.8) is 0 Å². The largest absolute Gasteiger partial charge is 0.379 e. The number of ether oxygens (including phenoxy) is 2.